The smallest absolute Gasteiger partial charge is 0.292 e. The van der Waals surface area contributed by atoms with E-state index in [1.165, 1.54) is 0 Å². The zero-order valence-electron chi connectivity index (χ0n) is 14.9. The third-order valence-electron chi connectivity index (χ3n) is 4.53. The van der Waals surface area contributed by atoms with Crippen LogP contribution in [-0.2, 0) is 0 Å². The highest BCUT2D eigenvalue weighted by atomic mass is 16.3. The highest BCUT2D eigenvalue weighted by molar-refractivity contribution is 6.08. The van der Waals surface area contributed by atoms with Crippen molar-refractivity contribution in [2.45, 2.75) is 6.92 Å². The molecule has 7 nitrogen and oxygen atoms in total. The highest BCUT2D eigenvalue weighted by Crippen LogP contribution is 2.28. The van der Waals surface area contributed by atoms with Gasteiger partial charge in [0.15, 0.2) is 5.69 Å². The Bertz CT molecular complexity index is 1310. The van der Waals surface area contributed by atoms with E-state index in [0.29, 0.717) is 27.4 Å². The lowest BCUT2D eigenvalue weighted by Crippen LogP contribution is -2.23. The Hall–Kier alpha value is -4.00. The number of carbonyl (C=O) groups excluding carboxylic acids is 1. The second-order valence-corrected chi connectivity index (χ2v) is 6.27. The predicted molar refractivity (Wildman–Crippen MR) is 108 cm³/mol. The molecule has 4 rings (SSSR count). The number of hydrazone groups is 1. The fraction of sp³-hybridized carbons (Fsp3) is 0.0476. The van der Waals surface area contributed by atoms with Crippen LogP contribution in [0.4, 0.5) is 0 Å². The molecular weight excluding hydrogens is 356 g/mol. The third-order valence-corrected chi connectivity index (χ3v) is 4.53. The molecule has 0 spiro atoms. The Kier molecular flexibility index (Phi) is 4.33. The lowest BCUT2D eigenvalue weighted by molar-refractivity contribution is 0.0950. The van der Waals surface area contributed by atoms with Crippen molar-refractivity contribution in [2.24, 2.45) is 5.10 Å². The van der Waals surface area contributed by atoms with Gasteiger partial charge in [-0.2, -0.15) is 10.2 Å². The first-order chi connectivity index (χ1) is 13.6. The van der Waals surface area contributed by atoms with Crippen LogP contribution in [0.3, 0.4) is 0 Å². The van der Waals surface area contributed by atoms with E-state index in [1.54, 1.807) is 37.3 Å². The standard InChI is InChI=1S/C21H16N4O3/c1-12(14-11-10-13-6-2-3-7-15(13)19(14)26)22-25-21(28)18-16-8-4-5-9-17(16)20(27)24-23-18/h2-11,26H,1H3,(H,24,27)(H,25,28)/b22-12+. The average molecular weight is 372 g/mol. The minimum atomic E-state index is -0.563. The molecule has 0 bridgehead atoms. The SMILES string of the molecule is C/C(=N\NC(=O)c1n[nH]c(=O)c2ccccc12)c1ccc2ccccc2c1O. The van der Waals surface area contributed by atoms with Crippen LogP contribution in [0.25, 0.3) is 21.5 Å². The summed E-state index contributed by atoms with van der Waals surface area (Å²) in [5, 5.41) is 23.2. The van der Waals surface area contributed by atoms with Crippen LogP contribution in [-0.4, -0.2) is 26.9 Å². The van der Waals surface area contributed by atoms with Gasteiger partial charge in [-0.3, -0.25) is 9.59 Å². The highest BCUT2D eigenvalue weighted by Gasteiger charge is 2.14. The van der Waals surface area contributed by atoms with Crippen molar-refractivity contribution >= 4 is 33.2 Å². The molecule has 0 unspecified atom stereocenters. The van der Waals surface area contributed by atoms with Crippen LogP contribution >= 0.6 is 0 Å². The number of aromatic hydroxyl groups is 1. The molecule has 0 aliphatic heterocycles. The Morgan fingerprint density at radius 3 is 2.46 bits per heavy atom. The average Bonchev–Trinajstić information content (AvgIpc) is 2.73. The minimum Gasteiger partial charge on any atom is -0.507 e. The Balaban J connectivity index is 1.66. The maximum Gasteiger partial charge on any atom is 0.292 e. The van der Waals surface area contributed by atoms with Crippen LogP contribution in [0.5, 0.6) is 5.75 Å². The molecular formula is C21H16N4O3. The van der Waals surface area contributed by atoms with Crippen molar-refractivity contribution in [1.82, 2.24) is 15.6 Å². The molecule has 1 amide bonds. The molecule has 3 aromatic carbocycles. The van der Waals surface area contributed by atoms with Gasteiger partial charge < -0.3 is 5.11 Å². The number of aromatic nitrogens is 2. The first-order valence-electron chi connectivity index (χ1n) is 8.59. The summed E-state index contributed by atoms with van der Waals surface area (Å²) in [6, 6.07) is 17.8. The second kappa shape index (κ2) is 6.96. The van der Waals surface area contributed by atoms with Gasteiger partial charge in [-0.05, 0) is 24.4 Å². The first kappa shape index (κ1) is 17.4. The molecule has 28 heavy (non-hydrogen) atoms. The fourth-order valence-corrected chi connectivity index (χ4v) is 3.08. The van der Waals surface area contributed by atoms with Gasteiger partial charge in [0.1, 0.15) is 5.75 Å². The molecule has 0 aliphatic carbocycles. The number of benzene rings is 3. The van der Waals surface area contributed by atoms with Gasteiger partial charge in [0, 0.05) is 16.3 Å². The number of hydrogen-bond donors (Lipinski definition) is 3. The van der Waals surface area contributed by atoms with Crippen LogP contribution in [0, 0.1) is 0 Å². The number of hydrogen-bond acceptors (Lipinski definition) is 5. The molecule has 0 saturated heterocycles. The zero-order chi connectivity index (χ0) is 19.7. The molecule has 4 aromatic rings. The van der Waals surface area contributed by atoms with Gasteiger partial charge in [0.05, 0.1) is 11.1 Å². The van der Waals surface area contributed by atoms with E-state index in [0.717, 1.165) is 5.39 Å². The van der Waals surface area contributed by atoms with E-state index < -0.39 is 5.91 Å². The summed E-state index contributed by atoms with van der Waals surface area (Å²) in [5.74, 6) is -0.465. The number of aromatic amines is 1. The molecule has 138 valence electrons. The molecule has 3 N–H and O–H groups in total. The third kappa shape index (κ3) is 2.99. The number of fused-ring (bicyclic) bond motifs is 2. The lowest BCUT2D eigenvalue weighted by atomic mass is 10.0. The summed E-state index contributed by atoms with van der Waals surface area (Å²) < 4.78 is 0. The quantitative estimate of drug-likeness (QED) is 0.380. The normalized spacial score (nSPS) is 11.7. The van der Waals surface area contributed by atoms with Gasteiger partial charge in [-0.1, -0.05) is 48.5 Å². The van der Waals surface area contributed by atoms with Crippen molar-refractivity contribution in [1.29, 1.82) is 0 Å². The molecule has 7 heteroatoms. The van der Waals surface area contributed by atoms with Crippen LogP contribution < -0.4 is 11.0 Å². The number of H-pyrrole nitrogens is 1. The van der Waals surface area contributed by atoms with Gasteiger partial charge in [0.2, 0.25) is 0 Å². The number of phenols is 1. The monoisotopic (exact) mass is 372 g/mol. The van der Waals surface area contributed by atoms with Crippen LogP contribution in [0.15, 0.2) is 70.6 Å². The van der Waals surface area contributed by atoms with Crippen molar-refractivity contribution in [3.63, 3.8) is 0 Å². The molecule has 0 aliphatic rings. The summed E-state index contributed by atoms with van der Waals surface area (Å²) in [5.41, 5.74) is 3.08. The van der Waals surface area contributed by atoms with Crippen LogP contribution in [0.2, 0.25) is 0 Å². The second-order valence-electron chi connectivity index (χ2n) is 6.27. The molecule has 1 heterocycles. The van der Waals surface area contributed by atoms with E-state index >= 15 is 0 Å². The lowest BCUT2D eigenvalue weighted by Gasteiger charge is -2.08. The largest absolute Gasteiger partial charge is 0.507 e. The van der Waals surface area contributed by atoms with Crippen LogP contribution in [0.1, 0.15) is 23.0 Å². The number of carbonyl (C=O) groups is 1. The predicted octanol–water partition coefficient (Wildman–Crippen LogP) is 2.94. The fourth-order valence-electron chi connectivity index (χ4n) is 3.08. The van der Waals surface area contributed by atoms with Gasteiger partial charge in [-0.15, -0.1) is 0 Å². The topological polar surface area (TPSA) is 107 Å². The summed E-state index contributed by atoms with van der Waals surface area (Å²) in [6.07, 6.45) is 0. The molecule has 0 atom stereocenters. The Labute approximate surface area is 159 Å². The maximum atomic E-state index is 12.5. The number of nitrogens with zero attached hydrogens (tertiary/aromatic N) is 2. The summed E-state index contributed by atoms with van der Waals surface area (Å²) >= 11 is 0. The number of nitrogens with one attached hydrogen (secondary N) is 2. The zero-order valence-corrected chi connectivity index (χ0v) is 14.9. The molecule has 0 saturated carbocycles. The van der Waals surface area contributed by atoms with E-state index in [1.807, 2.05) is 30.3 Å². The molecule has 1 aromatic heterocycles. The summed E-state index contributed by atoms with van der Waals surface area (Å²) in [7, 11) is 0. The molecule has 0 fully saturated rings. The van der Waals surface area contributed by atoms with Crippen molar-refractivity contribution in [3.05, 3.63) is 82.3 Å². The number of rotatable bonds is 3. The van der Waals surface area contributed by atoms with Gasteiger partial charge in [-0.25, -0.2) is 10.5 Å². The van der Waals surface area contributed by atoms with Crippen molar-refractivity contribution in [2.75, 3.05) is 0 Å². The maximum absolute atomic E-state index is 12.5. The van der Waals surface area contributed by atoms with E-state index in [4.69, 9.17) is 0 Å². The van der Waals surface area contributed by atoms with Gasteiger partial charge in [0.25, 0.3) is 11.5 Å². The van der Waals surface area contributed by atoms with Crippen molar-refractivity contribution in [3.8, 4) is 5.75 Å². The minimum absolute atomic E-state index is 0.0643. The van der Waals surface area contributed by atoms with Crippen molar-refractivity contribution < 1.29 is 9.90 Å². The Morgan fingerprint density at radius 1 is 1.00 bits per heavy atom. The number of amides is 1. The van der Waals surface area contributed by atoms with Gasteiger partial charge >= 0.3 is 0 Å². The molecule has 0 radical (unpaired) electrons. The number of phenolic OH excluding ortho intramolecular Hbond substituents is 1. The summed E-state index contributed by atoms with van der Waals surface area (Å²) in [4.78, 5) is 24.4. The van der Waals surface area contributed by atoms with E-state index in [2.05, 4.69) is 20.7 Å². The van der Waals surface area contributed by atoms with E-state index in [9.17, 15) is 14.7 Å². The summed E-state index contributed by atoms with van der Waals surface area (Å²) in [6.45, 7) is 1.68. The first-order valence-corrected chi connectivity index (χ1v) is 8.59. The van der Waals surface area contributed by atoms with E-state index in [-0.39, 0.29) is 17.0 Å². The Morgan fingerprint density at radius 2 is 1.68 bits per heavy atom.